The van der Waals surface area contributed by atoms with Gasteiger partial charge in [0, 0.05) is 14.2 Å². The van der Waals surface area contributed by atoms with Crippen LogP contribution in [0.2, 0.25) is 10.0 Å². The molecular formula is C16H27Cl2NO. The van der Waals surface area contributed by atoms with E-state index in [0.717, 1.165) is 13.1 Å². The number of rotatable bonds is 1. The van der Waals surface area contributed by atoms with Crippen LogP contribution in [0.25, 0.3) is 0 Å². The van der Waals surface area contributed by atoms with Crippen LogP contribution in [0.4, 0.5) is 0 Å². The molecule has 0 radical (unpaired) electrons. The fourth-order valence-electron chi connectivity index (χ4n) is 2.25. The topological polar surface area (TPSA) is 21.3 Å². The molecule has 116 valence electrons. The third kappa shape index (κ3) is 6.45. The summed E-state index contributed by atoms with van der Waals surface area (Å²) in [6, 6.07) is 6.01. The first-order chi connectivity index (χ1) is 9.60. The normalized spacial score (nSPS) is 21.1. The summed E-state index contributed by atoms with van der Waals surface area (Å²) in [5.74, 6) is 1.28. The molecule has 2 rings (SSSR count). The average Bonchev–Trinajstić information content (AvgIpc) is 2.46. The van der Waals surface area contributed by atoms with Crippen molar-refractivity contribution >= 4 is 23.2 Å². The second-order valence-electron chi connectivity index (χ2n) is 4.66. The molecule has 1 heterocycles. The summed E-state index contributed by atoms with van der Waals surface area (Å²) >= 11 is 11.9. The van der Waals surface area contributed by atoms with Crippen LogP contribution in [-0.4, -0.2) is 27.3 Å². The first kappa shape index (κ1) is 19.7. The predicted octanol–water partition coefficient (Wildman–Crippen LogP) is 5.00. The standard InChI is InChI=1S/C12H15Cl2N.C2H6O.C2H6/c1-8-7-15-5-4-10(8)9-2-3-11(13)12(14)6-9;1-3-2;1-2/h2-3,6,8,10,15H,4-5,7H2,1H3;1-2H3;1-2H3/t8-,10+;;/m1../s1. The third-order valence-corrected chi connectivity index (χ3v) is 3.90. The molecule has 1 aliphatic rings. The van der Waals surface area contributed by atoms with Crippen LogP contribution in [-0.2, 0) is 4.74 Å². The van der Waals surface area contributed by atoms with Gasteiger partial charge in [0.15, 0.2) is 0 Å². The Morgan fingerprint density at radius 2 is 1.75 bits per heavy atom. The smallest absolute Gasteiger partial charge is 0.0595 e. The van der Waals surface area contributed by atoms with E-state index in [0.29, 0.717) is 21.9 Å². The molecule has 1 saturated heterocycles. The molecule has 2 atom stereocenters. The highest BCUT2D eigenvalue weighted by molar-refractivity contribution is 6.42. The van der Waals surface area contributed by atoms with E-state index in [1.165, 1.54) is 12.0 Å². The number of benzene rings is 1. The lowest BCUT2D eigenvalue weighted by atomic mass is 9.82. The molecule has 1 aromatic carbocycles. The Bertz CT molecular complexity index is 371. The molecule has 4 heteroatoms. The Hall–Kier alpha value is -0.280. The van der Waals surface area contributed by atoms with Gasteiger partial charge in [-0.15, -0.1) is 0 Å². The zero-order chi connectivity index (χ0) is 15.5. The molecular weight excluding hydrogens is 293 g/mol. The van der Waals surface area contributed by atoms with E-state index >= 15 is 0 Å². The van der Waals surface area contributed by atoms with Gasteiger partial charge in [-0.2, -0.15) is 0 Å². The van der Waals surface area contributed by atoms with Crippen LogP contribution in [0, 0.1) is 5.92 Å². The minimum absolute atomic E-state index is 0.612. The van der Waals surface area contributed by atoms with Crippen LogP contribution in [0.15, 0.2) is 18.2 Å². The van der Waals surface area contributed by atoms with Crippen molar-refractivity contribution in [1.82, 2.24) is 5.32 Å². The highest BCUT2D eigenvalue weighted by Crippen LogP contribution is 2.33. The Kier molecular flexibility index (Phi) is 11.2. The molecule has 1 aliphatic heterocycles. The minimum atomic E-state index is 0.612. The average molecular weight is 320 g/mol. The number of hydrogen-bond acceptors (Lipinski definition) is 2. The maximum Gasteiger partial charge on any atom is 0.0595 e. The monoisotopic (exact) mass is 319 g/mol. The number of methoxy groups -OCH3 is 1. The number of ether oxygens (including phenoxy) is 1. The molecule has 0 spiro atoms. The summed E-state index contributed by atoms with van der Waals surface area (Å²) in [4.78, 5) is 0. The quantitative estimate of drug-likeness (QED) is 0.786. The van der Waals surface area contributed by atoms with Gasteiger partial charge in [0.2, 0.25) is 0 Å². The number of nitrogens with one attached hydrogen (secondary N) is 1. The molecule has 0 unspecified atom stereocenters. The molecule has 0 amide bonds. The van der Waals surface area contributed by atoms with E-state index < -0.39 is 0 Å². The molecule has 2 nitrogen and oxygen atoms in total. The van der Waals surface area contributed by atoms with Crippen molar-refractivity contribution in [2.45, 2.75) is 33.1 Å². The van der Waals surface area contributed by atoms with Crippen molar-refractivity contribution in [3.8, 4) is 0 Å². The van der Waals surface area contributed by atoms with Crippen molar-refractivity contribution in [2.75, 3.05) is 27.3 Å². The van der Waals surface area contributed by atoms with Gasteiger partial charge in [0.25, 0.3) is 0 Å². The Balaban J connectivity index is 0.000000641. The SMILES string of the molecule is CC.COC.C[C@@H]1CNCC[C@@H]1c1ccc(Cl)c(Cl)c1. The van der Waals surface area contributed by atoms with Gasteiger partial charge in [-0.25, -0.2) is 0 Å². The van der Waals surface area contributed by atoms with E-state index in [1.54, 1.807) is 14.2 Å². The van der Waals surface area contributed by atoms with E-state index in [9.17, 15) is 0 Å². The third-order valence-electron chi connectivity index (χ3n) is 3.16. The van der Waals surface area contributed by atoms with Crippen LogP contribution in [0.1, 0.15) is 38.7 Å². The summed E-state index contributed by atoms with van der Waals surface area (Å²) in [7, 11) is 3.25. The fourth-order valence-corrected chi connectivity index (χ4v) is 2.56. The molecule has 0 aromatic heterocycles. The predicted molar refractivity (Wildman–Crippen MR) is 90.1 cm³/mol. The van der Waals surface area contributed by atoms with E-state index in [4.69, 9.17) is 23.2 Å². The minimum Gasteiger partial charge on any atom is -0.388 e. The van der Waals surface area contributed by atoms with Crippen LogP contribution in [0.3, 0.4) is 0 Å². The lowest BCUT2D eigenvalue weighted by Crippen LogP contribution is -2.33. The zero-order valence-electron chi connectivity index (χ0n) is 13.2. The molecule has 0 aliphatic carbocycles. The summed E-state index contributed by atoms with van der Waals surface area (Å²) < 4.78 is 4.25. The van der Waals surface area contributed by atoms with E-state index in [-0.39, 0.29) is 0 Å². The number of hydrogen-bond donors (Lipinski definition) is 1. The van der Waals surface area contributed by atoms with Gasteiger partial charge in [-0.1, -0.05) is 50.0 Å². The van der Waals surface area contributed by atoms with Crippen molar-refractivity contribution < 1.29 is 4.74 Å². The molecule has 20 heavy (non-hydrogen) atoms. The molecule has 1 fully saturated rings. The summed E-state index contributed by atoms with van der Waals surface area (Å²) in [6.45, 7) is 8.46. The van der Waals surface area contributed by atoms with Gasteiger partial charge >= 0.3 is 0 Å². The largest absolute Gasteiger partial charge is 0.388 e. The first-order valence-electron chi connectivity index (χ1n) is 7.16. The second kappa shape index (κ2) is 11.4. The van der Waals surface area contributed by atoms with E-state index in [1.807, 2.05) is 26.0 Å². The molecule has 1 aromatic rings. The Morgan fingerprint density at radius 1 is 1.15 bits per heavy atom. The maximum absolute atomic E-state index is 6.03. The number of halogens is 2. The van der Waals surface area contributed by atoms with Crippen LogP contribution >= 0.6 is 23.2 Å². The van der Waals surface area contributed by atoms with E-state index in [2.05, 4.69) is 23.0 Å². The van der Waals surface area contributed by atoms with Crippen molar-refractivity contribution in [2.24, 2.45) is 5.92 Å². The van der Waals surface area contributed by atoms with Crippen molar-refractivity contribution in [3.63, 3.8) is 0 Å². The molecule has 0 bridgehead atoms. The Labute approximate surface area is 133 Å². The van der Waals surface area contributed by atoms with Gasteiger partial charge < -0.3 is 10.1 Å². The summed E-state index contributed by atoms with van der Waals surface area (Å²) in [6.07, 6.45) is 1.18. The van der Waals surface area contributed by atoms with Crippen LogP contribution < -0.4 is 5.32 Å². The Morgan fingerprint density at radius 3 is 2.25 bits per heavy atom. The highest BCUT2D eigenvalue weighted by atomic mass is 35.5. The fraction of sp³-hybridized carbons (Fsp3) is 0.625. The summed E-state index contributed by atoms with van der Waals surface area (Å²) in [5.41, 5.74) is 1.32. The van der Waals surface area contributed by atoms with Crippen LogP contribution in [0.5, 0.6) is 0 Å². The highest BCUT2D eigenvalue weighted by Gasteiger charge is 2.22. The lowest BCUT2D eigenvalue weighted by Gasteiger charge is -2.30. The second-order valence-corrected chi connectivity index (χ2v) is 5.47. The van der Waals surface area contributed by atoms with Crippen molar-refractivity contribution in [1.29, 1.82) is 0 Å². The summed E-state index contributed by atoms with van der Waals surface area (Å²) in [5, 5.41) is 4.71. The van der Waals surface area contributed by atoms with Gasteiger partial charge in [-0.3, -0.25) is 0 Å². The van der Waals surface area contributed by atoms with Gasteiger partial charge in [0.1, 0.15) is 0 Å². The maximum atomic E-state index is 6.03. The van der Waals surface area contributed by atoms with Gasteiger partial charge in [0.05, 0.1) is 10.0 Å². The zero-order valence-corrected chi connectivity index (χ0v) is 14.7. The number of piperidine rings is 1. The van der Waals surface area contributed by atoms with Gasteiger partial charge in [-0.05, 0) is 49.0 Å². The molecule has 0 saturated carbocycles. The lowest BCUT2D eigenvalue weighted by molar-refractivity contribution is 0.277. The molecule has 1 N–H and O–H groups in total. The first-order valence-corrected chi connectivity index (χ1v) is 7.91. The van der Waals surface area contributed by atoms with Crippen molar-refractivity contribution in [3.05, 3.63) is 33.8 Å².